The molecule has 0 aliphatic heterocycles. The van der Waals surface area contributed by atoms with Crippen molar-refractivity contribution in [3.05, 3.63) is 0 Å². The van der Waals surface area contributed by atoms with Gasteiger partial charge in [-0.2, -0.15) is 0 Å². The first-order chi connectivity index (χ1) is 8.26. The maximum atomic E-state index is 3.51. The third-order valence-electron chi connectivity index (χ3n) is 3.87. The van der Waals surface area contributed by atoms with Gasteiger partial charge >= 0.3 is 0 Å². The van der Waals surface area contributed by atoms with Gasteiger partial charge < -0.3 is 5.32 Å². The molecule has 0 saturated carbocycles. The second kappa shape index (κ2) is 8.16. The summed E-state index contributed by atoms with van der Waals surface area (Å²) in [6, 6.07) is 1.28. The topological polar surface area (TPSA) is 15.3 Å². The Hall–Kier alpha value is -0.0800. The molecule has 0 fully saturated rings. The lowest BCUT2D eigenvalue weighted by atomic mass is 9.86. The fourth-order valence-corrected chi connectivity index (χ4v) is 2.68. The molecular formula is C16H36N2. The van der Waals surface area contributed by atoms with Crippen molar-refractivity contribution in [1.82, 2.24) is 10.2 Å². The van der Waals surface area contributed by atoms with Gasteiger partial charge in [-0.15, -0.1) is 0 Å². The Morgan fingerprint density at radius 3 is 1.78 bits per heavy atom. The van der Waals surface area contributed by atoms with E-state index in [0.717, 1.165) is 18.5 Å². The Bertz CT molecular complexity index is 202. The molecule has 2 nitrogen and oxygen atoms in total. The Labute approximate surface area is 116 Å². The lowest BCUT2D eigenvalue weighted by Crippen LogP contribution is -2.50. The first-order valence-corrected chi connectivity index (χ1v) is 7.67. The molecule has 0 aliphatic carbocycles. The van der Waals surface area contributed by atoms with Crippen LogP contribution in [-0.4, -0.2) is 37.1 Å². The summed E-state index contributed by atoms with van der Waals surface area (Å²) in [6.45, 7) is 18.6. The van der Waals surface area contributed by atoms with Crippen LogP contribution in [0.25, 0.3) is 0 Å². The van der Waals surface area contributed by atoms with Gasteiger partial charge in [-0.3, -0.25) is 4.90 Å². The SMILES string of the molecule is CCC(CC)N(CC(C)C)CC(NC)C(C)(C)C. The van der Waals surface area contributed by atoms with Crippen molar-refractivity contribution in [2.45, 2.75) is 73.4 Å². The van der Waals surface area contributed by atoms with E-state index in [1.807, 2.05) is 0 Å². The maximum Gasteiger partial charge on any atom is 0.0240 e. The van der Waals surface area contributed by atoms with Crippen LogP contribution in [0, 0.1) is 11.3 Å². The molecule has 0 bridgehead atoms. The molecule has 0 aromatic carbocycles. The lowest BCUT2D eigenvalue weighted by molar-refractivity contribution is 0.118. The molecule has 1 unspecified atom stereocenters. The number of nitrogens with one attached hydrogen (secondary N) is 1. The molecule has 1 atom stereocenters. The van der Waals surface area contributed by atoms with Crippen LogP contribution >= 0.6 is 0 Å². The lowest BCUT2D eigenvalue weighted by Gasteiger charge is -2.39. The minimum atomic E-state index is 0.315. The average Bonchev–Trinajstić information content (AvgIpc) is 2.24. The van der Waals surface area contributed by atoms with Crippen molar-refractivity contribution in [3.8, 4) is 0 Å². The van der Waals surface area contributed by atoms with Crippen molar-refractivity contribution in [3.63, 3.8) is 0 Å². The summed E-state index contributed by atoms with van der Waals surface area (Å²) in [4.78, 5) is 2.69. The van der Waals surface area contributed by atoms with Crippen LogP contribution in [0.3, 0.4) is 0 Å². The first kappa shape index (κ1) is 17.9. The van der Waals surface area contributed by atoms with E-state index in [9.17, 15) is 0 Å². The Morgan fingerprint density at radius 1 is 1.00 bits per heavy atom. The molecule has 0 rings (SSSR count). The summed E-state index contributed by atoms with van der Waals surface area (Å²) < 4.78 is 0. The van der Waals surface area contributed by atoms with E-state index in [0.29, 0.717) is 11.5 Å². The van der Waals surface area contributed by atoms with Crippen LogP contribution in [0.4, 0.5) is 0 Å². The third-order valence-corrected chi connectivity index (χ3v) is 3.87. The number of hydrogen-bond donors (Lipinski definition) is 1. The zero-order valence-electron chi connectivity index (χ0n) is 14.0. The van der Waals surface area contributed by atoms with E-state index in [1.165, 1.54) is 19.4 Å². The molecule has 18 heavy (non-hydrogen) atoms. The second-order valence-electron chi connectivity index (χ2n) is 7.03. The summed E-state index contributed by atoms with van der Waals surface area (Å²) in [6.07, 6.45) is 2.51. The molecule has 0 aromatic heterocycles. The smallest absolute Gasteiger partial charge is 0.0240 e. The summed E-state index contributed by atoms with van der Waals surface area (Å²) in [5.74, 6) is 0.739. The highest BCUT2D eigenvalue weighted by atomic mass is 15.2. The van der Waals surface area contributed by atoms with Gasteiger partial charge in [-0.1, -0.05) is 48.5 Å². The normalized spacial score (nSPS) is 14.8. The van der Waals surface area contributed by atoms with E-state index < -0.39 is 0 Å². The Balaban J connectivity index is 4.75. The van der Waals surface area contributed by atoms with Crippen molar-refractivity contribution in [2.24, 2.45) is 11.3 Å². The predicted molar refractivity (Wildman–Crippen MR) is 83.1 cm³/mol. The van der Waals surface area contributed by atoms with Crippen molar-refractivity contribution < 1.29 is 0 Å². The number of likely N-dealkylation sites (N-methyl/N-ethyl adjacent to an activating group) is 1. The molecule has 0 aliphatic rings. The van der Waals surface area contributed by atoms with Crippen LogP contribution in [0.15, 0.2) is 0 Å². The van der Waals surface area contributed by atoms with Crippen LogP contribution in [0.5, 0.6) is 0 Å². The average molecular weight is 256 g/mol. The van der Waals surface area contributed by atoms with Crippen molar-refractivity contribution in [1.29, 1.82) is 0 Å². The molecule has 0 radical (unpaired) electrons. The first-order valence-electron chi connectivity index (χ1n) is 7.67. The highest BCUT2D eigenvalue weighted by molar-refractivity contribution is 4.84. The van der Waals surface area contributed by atoms with Gasteiger partial charge in [0.2, 0.25) is 0 Å². The van der Waals surface area contributed by atoms with Crippen molar-refractivity contribution in [2.75, 3.05) is 20.1 Å². The van der Waals surface area contributed by atoms with Gasteiger partial charge in [0.05, 0.1) is 0 Å². The molecule has 1 N–H and O–H groups in total. The molecule has 2 heteroatoms. The third kappa shape index (κ3) is 6.19. The van der Waals surface area contributed by atoms with Gasteiger partial charge in [0, 0.05) is 25.2 Å². The minimum absolute atomic E-state index is 0.315. The largest absolute Gasteiger partial charge is 0.315 e. The number of nitrogens with zero attached hydrogens (tertiary/aromatic N) is 1. The van der Waals surface area contributed by atoms with E-state index in [2.05, 4.69) is 65.7 Å². The zero-order valence-corrected chi connectivity index (χ0v) is 14.0. The molecule has 0 aromatic rings. The second-order valence-corrected chi connectivity index (χ2v) is 7.03. The van der Waals surface area contributed by atoms with Crippen LogP contribution in [-0.2, 0) is 0 Å². The van der Waals surface area contributed by atoms with Gasteiger partial charge in [-0.05, 0) is 31.2 Å². The number of hydrogen-bond acceptors (Lipinski definition) is 2. The van der Waals surface area contributed by atoms with E-state index in [1.54, 1.807) is 0 Å². The Kier molecular flexibility index (Phi) is 8.13. The van der Waals surface area contributed by atoms with Crippen LogP contribution in [0.1, 0.15) is 61.3 Å². The van der Waals surface area contributed by atoms with E-state index >= 15 is 0 Å². The van der Waals surface area contributed by atoms with Gasteiger partial charge in [-0.25, -0.2) is 0 Å². The summed E-state index contributed by atoms with van der Waals surface area (Å²) in [5, 5.41) is 3.51. The zero-order chi connectivity index (χ0) is 14.3. The quantitative estimate of drug-likeness (QED) is 0.711. The standard InChI is InChI=1S/C16H36N2/c1-9-14(10-2)18(11-13(3)4)12-15(17-8)16(5,6)7/h13-15,17H,9-12H2,1-8H3. The minimum Gasteiger partial charge on any atom is -0.315 e. The van der Waals surface area contributed by atoms with E-state index in [4.69, 9.17) is 0 Å². The fraction of sp³-hybridized carbons (Fsp3) is 1.00. The molecular weight excluding hydrogens is 220 g/mol. The van der Waals surface area contributed by atoms with E-state index in [-0.39, 0.29) is 0 Å². The molecule has 0 amide bonds. The highest BCUT2D eigenvalue weighted by Crippen LogP contribution is 2.22. The number of rotatable bonds is 8. The summed E-state index contributed by atoms with van der Waals surface area (Å²) in [7, 11) is 2.09. The molecule has 0 spiro atoms. The van der Waals surface area contributed by atoms with Gasteiger partial charge in [0.25, 0.3) is 0 Å². The van der Waals surface area contributed by atoms with Crippen LogP contribution in [0.2, 0.25) is 0 Å². The van der Waals surface area contributed by atoms with Gasteiger partial charge in [0.1, 0.15) is 0 Å². The fourth-order valence-electron chi connectivity index (χ4n) is 2.68. The van der Waals surface area contributed by atoms with Crippen LogP contribution < -0.4 is 5.32 Å². The van der Waals surface area contributed by atoms with Crippen molar-refractivity contribution >= 4 is 0 Å². The Morgan fingerprint density at radius 2 is 1.50 bits per heavy atom. The maximum absolute atomic E-state index is 3.51. The van der Waals surface area contributed by atoms with Gasteiger partial charge in [0.15, 0.2) is 0 Å². The monoisotopic (exact) mass is 256 g/mol. The highest BCUT2D eigenvalue weighted by Gasteiger charge is 2.27. The molecule has 0 saturated heterocycles. The molecule has 110 valence electrons. The molecule has 0 heterocycles. The predicted octanol–water partition coefficient (Wildman–Crippen LogP) is 3.77. The summed E-state index contributed by atoms with van der Waals surface area (Å²) >= 11 is 0. The summed E-state index contributed by atoms with van der Waals surface area (Å²) in [5.41, 5.74) is 0.315.